The number of aromatic nitrogens is 4. The van der Waals surface area contributed by atoms with Gasteiger partial charge in [0.1, 0.15) is 34.5 Å². The average molecular weight is 522 g/mol. The van der Waals surface area contributed by atoms with Gasteiger partial charge in [-0.3, -0.25) is 9.20 Å². The van der Waals surface area contributed by atoms with Crippen LogP contribution in [0.5, 0.6) is 0 Å². The monoisotopic (exact) mass is 521 g/mol. The molecule has 1 spiro atoms. The lowest BCUT2D eigenvalue weighted by molar-refractivity contribution is 0.102. The van der Waals surface area contributed by atoms with Crippen LogP contribution in [0.3, 0.4) is 0 Å². The number of rotatable bonds is 4. The van der Waals surface area contributed by atoms with Crippen LogP contribution < -0.4 is 16.4 Å². The molecular weight excluding hydrogens is 501 g/mol. The fraction of sp³-hybridized carbons (Fsp3) is 0.250. The van der Waals surface area contributed by atoms with Crippen molar-refractivity contribution in [1.29, 1.82) is 0 Å². The molecule has 4 heterocycles. The molecule has 10 heteroatoms. The zero-order valence-corrected chi connectivity index (χ0v) is 19.6. The molecule has 3 aromatic heterocycles. The van der Waals surface area contributed by atoms with Crippen molar-refractivity contribution in [2.24, 2.45) is 5.41 Å². The molecule has 0 radical (unpaired) electrons. The Kier molecular flexibility index (Phi) is 4.89. The predicted molar refractivity (Wildman–Crippen MR) is 130 cm³/mol. The number of amides is 1. The Labute approximate surface area is 202 Å². The van der Waals surface area contributed by atoms with Gasteiger partial charge in [0.25, 0.3) is 5.91 Å². The second kappa shape index (κ2) is 7.85. The topological polar surface area (TPSA) is 110 Å². The van der Waals surface area contributed by atoms with E-state index in [1.807, 2.05) is 10.6 Å². The second-order valence-electron chi connectivity index (χ2n) is 9.00. The number of nitrogens with two attached hydrogens (primary N) is 1. The van der Waals surface area contributed by atoms with Crippen LogP contribution in [0.4, 0.5) is 16.0 Å². The summed E-state index contributed by atoms with van der Waals surface area (Å²) in [5, 5.41) is 6.24. The second-order valence-corrected chi connectivity index (χ2v) is 9.91. The summed E-state index contributed by atoms with van der Waals surface area (Å²) in [6, 6.07) is 7.81. The number of nitrogens with one attached hydrogen (secondary N) is 2. The lowest BCUT2D eigenvalue weighted by atomic mass is 10.0. The van der Waals surface area contributed by atoms with Gasteiger partial charge in [-0.15, -0.1) is 0 Å². The first-order valence-corrected chi connectivity index (χ1v) is 11.8. The molecule has 6 rings (SSSR count). The van der Waals surface area contributed by atoms with E-state index in [1.165, 1.54) is 18.9 Å². The van der Waals surface area contributed by atoms with E-state index in [-0.39, 0.29) is 23.0 Å². The van der Waals surface area contributed by atoms with Crippen LogP contribution in [-0.2, 0) is 0 Å². The Morgan fingerprint density at radius 1 is 1.24 bits per heavy atom. The highest BCUT2D eigenvalue weighted by molar-refractivity contribution is 9.10. The van der Waals surface area contributed by atoms with Crippen molar-refractivity contribution in [2.45, 2.75) is 25.3 Å². The van der Waals surface area contributed by atoms with Gasteiger partial charge in [0.15, 0.2) is 0 Å². The van der Waals surface area contributed by atoms with E-state index in [1.54, 1.807) is 36.7 Å². The Bertz CT molecular complexity index is 1450. The number of hydrogen-bond donors (Lipinski definition) is 3. The fourth-order valence-electron chi connectivity index (χ4n) is 4.69. The van der Waals surface area contributed by atoms with Crippen LogP contribution in [0.25, 0.3) is 16.8 Å². The maximum Gasteiger partial charge on any atom is 0.256 e. The molecule has 1 amide bonds. The van der Waals surface area contributed by atoms with Gasteiger partial charge < -0.3 is 16.4 Å². The van der Waals surface area contributed by atoms with E-state index in [0.717, 1.165) is 23.3 Å². The molecule has 8 nitrogen and oxygen atoms in total. The number of fused-ring (bicyclic) bond motifs is 1. The van der Waals surface area contributed by atoms with E-state index in [4.69, 9.17) is 10.7 Å². The first kappa shape index (κ1) is 21.2. The number of carbonyl (C=O) groups is 1. The number of benzene rings is 1. The zero-order chi connectivity index (χ0) is 23.4. The van der Waals surface area contributed by atoms with E-state index in [2.05, 4.69) is 36.5 Å². The van der Waals surface area contributed by atoms with E-state index < -0.39 is 11.7 Å². The molecule has 34 heavy (non-hydrogen) atoms. The van der Waals surface area contributed by atoms with Crippen molar-refractivity contribution in [3.8, 4) is 11.3 Å². The minimum atomic E-state index is -0.567. The van der Waals surface area contributed by atoms with Crippen LogP contribution in [-0.4, -0.2) is 31.8 Å². The van der Waals surface area contributed by atoms with Gasteiger partial charge in [0.05, 0.1) is 6.04 Å². The summed E-state index contributed by atoms with van der Waals surface area (Å²) in [5.41, 5.74) is 7.99. The van der Waals surface area contributed by atoms with E-state index in [9.17, 15) is 4.79 Å². The Morgan fingerprint density at radius 2 is 2.09 bits per heavy atom. The van der Waals surface area contributed by atoms with Crippen molar-refractivity contribution in [2.75, 3.05) is 17.6 Å². The van der Waals surface area contributed by atoms with Gasteiger partial charge in [-0.05, 0) is 55.0 Å². The summed E-state index contributed by atoms with van der Waals surface area (Å²) >= 11 is 3.34. The van der Waals surface area contributed by atoms with Gasteiger partial charge in [-0.25, -0.2) is 19.3 Å². The fourth-order valence-corrected chi connectivity index (χ4v) is 5.02. The van der Waals surface area contributed by atoms with E-state index in [0.29, 0.717) is 22.4 Å². The number of imidazole rings is 1. The predicted octanol–water partition coefficient (Wildman–Crippen LogP) is 4.34. The summed E-state index contributed by atoms with van der Waals surface area (Å²) < 4.78 is 18.0. The van der Waals surface area contributed by atoms with Crippen LogP contribution in [0.2, 0.25) is 0 Å². The van der Waals surface area contributed by atoms with Crippen molar-refractivity contribution in [1.82, 2.24) is 24.7 Å². The molecule has 172 valence electrons. The molecule has 1 saturated carbocycles. The lowest BCUT2D eigenvalue weighted by Crippen LogP contribution is -2.16. The maximum atomic E-state index is 15.3. The number of hydrogen-bond acceptors (Lipinski definition) is 6. The number of nitrogens with zero attached hydrogens (tertiary/aromatic N) is 4. The smallest absolute Gasteiger partial charge is 0.256 e. The normalized spacial score (nSPS) is 18.5. The van der Waals surface area contributed by atoms with E-state index >= 15 is 4.39 Å². The number of anilines is 2. The Balaban J connectivity index is 1.36. The SMILES string of the molecule is Nc1nccn2c([C@@H]3CC4(CC4)CN3)nc(-c3ccc(C(=O)Nc4cc(Br)ccn4)cc3F)c12. The van der Waals surface area contributed by atoms with Crippen molar-refractivity contribution < 1.29 is 9.18 Å². The molecule has 2 aliphatic rings. The van der Waals surface area contributed by atoms with Crippen LogP contribution >= 0.6 is 15.9 Å². The number of nitrogen functional groups attached to an aromatic ring is 1. The Morgan fingerprint density at radius 3 is 2.82 bits per heavy atom. The first-order valence-electron chi connectivity index (χ1n) is 11.0. The molecule has 0 unspecified atom stereocenters. The number of pyridine rings is 1. The van der Waals surface area contributed by atoms with Gasteiger partial charge >= 0.3 is 0 Å². The molecular formula is C24H21BrFN7O. The van der Waals surface area contributed by atoms with Gasteiger partial charge in [-0.1, -0.05) is 15.9 Å². The standard InChI is InChI=1S/C24H21BrFN7O/c25-14-3-6-28-18(10-14)31-23(34)13-1-2-15(16(26)9-13)19-20-21(27)29-7-8-33(20)22(32-19)17-11-24(4-5-24)12-30-17/h1-3,6-10,17,30H,4-5,11-12H2,(H2,27,29)(H,28,31,34)/t17-/m0/s1. The van der Waals surface area contributed by atoms with Crippen LogP contribution in [0.1, 0.15) is 41.5 Å². The average Bonchev–Trinajstić information content (AvgIpc) is 3.26. The number of halogens is 2. The van der Waals surface area contributed by atoms with Gasteiger partial charge in [0.2, 0.25) is 0 Å². The summed E-state index contributed by atoms with van der Waals surface area (Å²) in [7, 11) is 0. The van der Waals surface area contributed by atoms with Gasteiger partial charge in [-0.2, -0.15) is 0 Å². The molecule has 1 saturated heterocycles. The molecule has 1 atom stereocenters. The minimum Gasteiger partial charge on any atom is -0.382 e. The largest absolute Gasteiger partial charge is 0.382 e. The lowest BCUT2D eigenvalue weighted by Gasteiger charge is -2.09. The Hall–Kier alpha value is -3.37. The molecule has 1 aromatic carbocycles. The third-order valence-corrected chi connectivity index (χ3v) is 7.18. The highest BCUT2D eigenvalue weighted by Crippen LogP contribution is 2.55. The summed E-state index contributed by atoms with van der Waals surface area (Å²) in [6.07, 6.45) is 8.45. The third-order valence-electron chi connectivity index (χ3n) is 6.69. The van der Waals surface area contributed by atoms with Crippen molar-refractivity contribution >= 4 is 39.0 Å². The third kappa shape index (κ3) is 3.63. The molecule has 1 aliphatic carbocycles. The van der Waals surface area contributed by atoms with Crippen molar-refractivity contribution in [3.63, 3.8) is 0 Å². The van der Waals surface area contributed by atoms with Crippen molar-refractivity contribution in [3.05, 3.63) is 70.6 Å². The summed E-state index contributed by atoms with van der Waals surface area (Å²) in [4.78, 5) is 25.8. The first-order chi connectivity index (χ1) is 16.4. The summed E-state index contributed by atoms with van der Waals surface area (Å²) in [6.45, 7) is 0.966. The van der Waals surface area contributed by atoms with Crippen LogP contribution in [0, 0.1) is 11.2 Å². The minimum absolute atomic E-state index is 0.0661. The zero-order valence-electron chi connectivity index (χ0n) is 18.1. The molecule has 0 bridgehead atoms. The highest BCUT2D eigenvalue weighted by Gasteiger charge is 2.49. The molecule has 4 N–H and O–H groups in total. The molecule has 4 aromatic rings. The molecule has 1 aliphatic heterocycles. The maximum absolute atomic E-state index is 15.3. The quantitative estimate of drug-likeness (QED) is 0.368. The summed E-state index contributed by atoms with van der Waals surface area (Å²) in [5.74, 6) is 0.410. The van der Waals surface area contributed by atoms with Gasteiger partial charge in [0, 0.05) is 40.7 Å². The van der Waals surface area contributed by atoms with Crippen LogP contribution in [0.15, 0.2) is 53.4 Å². The molecule has 2 fully saturated rings. The highest BCUT2D eigenvalue weighted by atomic mass is 79.9. The number of carbonyl (C=O) groups excluding carboxylic acids is 1.